The first-order valence-corrected chi connectivity index (χ1v) is 7.18. The predicted octanol–water partition coefficient (Wildman–Crippen LogP) is 4.35. The summed E-state index contributed by atoms with van der Waals surface area (Å²) in [6.45, 7) is 4.56. The van der Waals surface area contributed by atoms with Crippen LogP contribution in [0.3, 0.4) is 0 Å². The minimum absolute atomic E-state index is 0.126. The zero-order chi connectivity index (χ0) is 11.6. The standard InChI is InChI=1S/C15H26O/c1-12(2)9-11-15(10-5-8-14(15)16)13-6-3-4-7-13/h12-13H,3-11H2,1-2H3. The molecule has 0 spiro atoms. The van der Waals surface area contributed by atoms with Crippen molar-refractivity contribution in [3.63, 3.8) is 0 Å². The first-order chi connectivity index (χ1) is 7.65. The van der Waals surface area contributed by atoms with Crippen LogP contribution in [0.2, 0.25) is 0 Å². The Balaban J connectivity index is 2.08. The van der Waals surface area contributed by atoms with E-state index in [-0.39, 0.29) is 5.41 Å². The second-order valence-corrected chi connectivity index (χ2v) is 6.35. The van der Waals surface area contributed by atoms with Crippen molar-refractivity contribution in [1.82, 2.24) is 0 Å². The molecule has 2 fully saturated rings. The maximum Gasteiger partial charge on any atom is 0.139 e. The molecule has 1 nitrogen and oxygen atoms in total. The average molecular weight is 222 g/mol. The first kappa shape index (κ1) is 12.1. The highest BCUT2D eigenvalue weighted by Gasteiger charge is 2.47. The molecular formula is C15H26O. The van der Waals surface area contributed by atoms with Gasteiger partial charge in [-0.05, 0) is 43.9 Å². The van der Waals surface area contributed by atoms with Crippen molar-refractivity contribution < 1.29 is 4.79 Å². The van der Waals surface area contributed by atoms with Gasteiger partial charge in [-0.2, -0.15) is 0 Å². The van der Waals surface area contributed by atoms with E-state index in [2.05, 4.69) is 13.8 Å². The van der Waals surface area contributed by atoms with Crippen molar-refractivity contribution in [3.05, 3.63) is 0 Å². The van der Waals surface area contributed by atoms with Crippen molar-refractivity contribution >= 4 is 5.78 Å². The van der Waals surface area contributed by atoms with Crippen molar-refractivity contribution in [2.24, 2.45) is 17.3 Å². The third-order valence-electron chi connectivity index (χ3n) is 4.89. The summed E-state index contributed by atoms with van der Waals surface area (Å²) < 4.78 is 0. The molecule has 0 aromatic carbocycles. The predicted molar refractivity (Wildman–Crippen MR) is 67.3 cm³/mol. The summed E-state index contributed by atoms with van der Waals surface area (Å²) in [4.78, 5) is 12.3. The second-order valence-electron chi connectivity index (χ2n) is 6.35. The Morgan fingerprint density at radius 1 is 1.25 bits per heavy atom. The van der Waals surface area contributed by atoms with Crippen molar-refractivity contribution in [2.75, 3.05) is 0 Å². The van der Waals surface area contributed by atoms with Gasteiger partial charge in [0.05, 0.1) is 0 Å². The van der Waals surface area contributed by atoms with Gasteiger partial charge >= 0.3 is 0 Å². The van der Waals surface area contributed by atoms with E-state index in [0.29, 0.717) is 5.78 Å². The van der Waals surface area contributed by atoms with Crippen LogP contribution in [0.1, 0.15) is 71.6 Å². The molecule has 0 aromatic heterocycles. The molecule has 0 N–H and O–H groups in total. The molecular weight excluding hydrogens is 196 g/mol. The quantitative estimate of drug-likeness (QED) is 0.691. The molecule has 0 heterocycles. The lowest BCUT2D eigenvalue weighted by Crippen LogP contribution is -2.33. The number of carbonyl (C=O) groups is 1. The summed E-state index contributed by atoms with van der Waals surface area (Å²) in [6.07, 6.45) is 11.0. The largest absolute Gasteiger partial charge is 0.299 e. The molecule has 1 heteroatoms. The van der Waals surface area contributed by atoms with E-state index in [1.54, 1.807) is 0 Å². The molecule has 2 saturated carbocycles. The van der Waals surface area contributed by atoms with Crippen LogP contribution in [0.5, 0.6) is 0 Å². The van der Waals surface area contributed by atoms with Gasteiger partial charge < -0.3 is 0 Å². The molecule has 0 bridgehead atoms. The number of ketones is 1. The molecule has 0 radical (unpaired) electrons. The maximum absolute atomic E-state index is 12.3. The zero-order valence-electron chi connectivity index (χ0n) is 10.9. The summed E-state index contributed by atoms with van der Waals surface area (Å²) in [6, 6.07) is 0. The van der Waals surface area contributed by atoms with E-state index in [1.807, 2.05) is 0 Å². The average Bonchev–Trinajstić information content (AvgIpc) is 2.84. The lowest BCUT2D eigenvalue weighted by atomic mass is 9.68. The highest BCUT2D eigenvalue weighted by Crippen LogP contribution is 2.51. The molecule has 2 aliphatic rings. The Bertz CT molecular complexity index is 250. The van der Waals surface area contributed by atoms with E-state index < -0.39 is 0 Å². The van der Waals surface area contributed by atoms with Crippen molar-refractivity contribution in [3.8, 4) is 0 Å². The van der Waals surface area contributed by atoms with Crippen LogP contribution < -0.4 is 0 Å². The van der Waals surface area contributed by atoms with Crippen LogP contribution in [0.25, 0.3) is 0 Å². The number of rotatable bonds is 4. The summed E-state index contributed by atoms with van der Waals surface area (Å²) in [5, 5.41) is 0. The summed E-state index contributed by atoms with van der Waals surface area (Å²) in [7, 11) is 0. The van der Waals surface area contributed by atoms with Gasteiger partial charge in [0.1, 0.15) is 5.78 Å². The zero-order valence-corrected chi connectivity index (χ0v) is 10.9. The number of Topliss-reactive ketones (excluding diaryl/α,β-unsaturated/α-hetero) is 1. The van der Waals surface area contributed by atoms with Crippen LogP contribution in [-0.4, -0.2) is 5.78 Å². The van der Waals surface area contributed by atoms with Crippen LogP contribution in [0, 0.1) is 17.3 Å². The Morgan fingerprint density at radius 3 is 2.44 bits per heavy atom. The lowest BCUT2D eigenvalue weighted by Gasteiger charge is -2.34. The SMILES string of the molecule is CC(C)CCC1(C2CCCC2)CCCC1=O. The molecule has 1 atom stereocenters. The molecule has 16 heavy (non-hydrogen) atoms. The summed E-state index contributed by atoms with van der Waals surface area (Å²) >= 11 is 0. The Labute approximate surface area is 100.0 Å². The van der Waals surface area contributed by atoms with Gasteiger partial charge in [-0.25, -0.2) is 0 Å². The fourth-order valence-electron chi connectivity index (χ4n) is 3.88. The monoisotopic (exact) mass is 222 g/mol. The Kier molecular flexibility index (Phi) is 3.71. The molecule has 0 amide bonds. The van der Waals surface area contributed by atoms with Crippen LogP contribution in [-0.2, 0) is 4.79 Å². The Hall–Kier alpha value is -0.330. The van der Waals surface area contributed by atoms with Gasteiger partial charge in [-0.1, -0.05) is 33.1 Å². The number of carbonyl (C=O) groups excluding carboxylic acids is 1. The fraction of sp³-hybridized carbons (Fsp3) is 0.933. The highest BCUT2D eigenvalue weighted by atomic mass is 16.1. The van der Waals surface area contributed by atoms with Gasteiger partial charge in [0.25, 0.3) is 0 Å². The van der Waals surface area contributed by atoms with E-state index in [4.69, 9.17) is 0 Å². The van der Waals surface area contributed by atoms with E-state index >= 15 is 0 Å². The van der Waals surface area contributed by atoms with Gasteiger partial charge in [-0.3, -0.25) is 4.79 Å². The maximum atomic E-state index is 12.3. The molecule has 0 aromatic rings. The van der Waals surface area contributed by atoms with Crippen LogP contribution in [0.15, 0.2) is 0 Å². The normalized spacial score (nSPS) is 31.8. The minimum Gasteiger partial charge on any atom is -0.299 e. The van der Waals surface area contributed by atoms with Crippen molar-refractivity contribution in [1.29, 1.82) is 0 Å². The smallest absolute Gasteiger partial charge is 0.139 e. The van der Waals surface area contributed by atoms with Gasteiger partial charge in [-0.15, -0.1) is 0 Å². The fourth-order valence-corrected chi connectivity index (χ4v) is 3.88. The molecule has 1 unspecified atom stereocenters. The lowest BCUT2D eigenvalue weighted by molar-refractivity contribution is -0.129. The number of hydrogen-bond acceptors (Lipinski definition) is 1. The second kappa shape index (κ2) is 4.89. The molecule has 0 aliphatic heterocycles. The number of hydrogen-bond donors (Lipinski definition) is 0. The molecule has 0 saturated heterocycles. The van der Waals surface area contributed by atoms with Gasteiger partial charge in [0.15, 0.2) is 0 Å². The third kappa shape index (κ3) is 2.19. The summed E-state index contributed by atoms with van der Waals surface area (Å²) in [5.74, 6) is 2.09. The summed E-state index contributed by atoms with van der Waals surface area (Å²) in [5.41, 5.74) is 0.126. The molecule has 2 aliphatic carbocycles. The topological polar surface area (TPSA) is 17.1 Å². The van der Waals surface area contributed by atoms with Crippen molar-refractivity contribution in [2.45, 2.75) is 71.6 Å². The third-order valence-corrected chi connectivity index (χ3v) is 4.89. The highest BCUT2D eigenvalue weighted by molar-refractivity contribution is 5.87. The minimum atomic E-state index is 0.126. The van der Waals surface area contributed by atoms with Crippen LogP contribution >= 0.6 is 0 Å². The van der Waals surface area contributed by atoms with Gasteiger partial charge in [0, 0.05) is 11.8 Å². The van der Waals surface area contributed by atoms with Gasteiger partial charge in [0.2, 0.25) is 0 Å². The Morgan fingerprint density at radius 2 is 1.94 bits per heavy atom. The molecule has 2 rings (SSSR count). The van der Waals surface area contributed by atoms with E-state index in [0.717, 1.165) is 24.7 Å². The van der Waals surface area contributed by atoms with E-state index in [9.17, 15) is 4.79 Å². The molecule has 92 valence electrons. The first-order valence-electron chi connectivity index (χ1n) is 7.18. The van der Waals surface area contributed by atoms with Crippen LogP contribution in [0.4, 0.5) is 0 Å². The van der Waals surface area contributed by atoms with E-state index in [1.165, 1.54) is 44.9 Å².